The van der Waals surface area contributed by atoms with Gasteiger partial charge in [0.05, 0.1) is 16.5 Å². The smallest absolute Gasteiger partial charge is 0.368 e. The van der Waals surface area contributed by atoms with Gasteiger partial charge in [0.1, 0.15) is 0 Å². The molecule has 0 fully saturated rings. The third kappa shape index (κ3) is 3.93. The maximum Gasteiger partial charge on any atom is 0.416 e. The van der Waals surface area contributed by atoms with E-state index in [9.17, 15) is 26.4 Å². The molecule has 0 aromatic heterocycles. The van der Waals surface area contributed by atoms with Crippen molar-refractivity contribution in [1.82, 2.24) is 4.72 Å². The maximum atomic E-state index is 12.5. The maximum absolute atomic E-state index is 12.5. The molecule has 5 nitrogen and oxygen atoms in total. The van der Waals surface area contributed by atoms with Crippen LogP contribution in [0.1, 0.15) is 12.5 Å². The Morgan fingerprint density at radius 1 is 1.37 bits per heavy atom. The first kappa shape index (κ1) is 15.4. The standard InChI is InChI=1S/C10H11F3N2O3S/c1-6(9(14)16)15-19(17,18)8-4-2-3-7(5-8)10(11,12)13/h2-6,15H,1H3,(H2,14,16). The summed E-state index contributed by atoms with van der Waals surface area (Å²) in [4.78, 5) is 10.2. The molecule has 1 unspecified atom stereocenters. The molecule has 0 aliphatic carbocycles. The van der Waals surface area contributed by atoms with E-state index in [-0.39, 0.29) is 0 Å². The fourth-order valence-corrected chi connectivity index (χ4v) is 2.46. The first-order valence-corrected chi connectivity index (χ1v) is 6.51. The Hall–Kier alpha value is -1.61. The van der Waals surface area contributed by atoms with E-state index in [0.29, 0.717) is 6.07 Å². The number of rotatable bonds is 4. The number of hydrogen-bond acceptors (Lipinski definition) is 3. The third-order valence-corrected chi connectivity index (χ3v) is 3.77. The number of nitrogens with two attached hydrogens (primary N) is 1. The van der Waals surface area contributed by atoms with Gasteiger partial charge in [-0.25, -0.2) is 8.42 Å². The van der Waals surface area contributed by atoms with Crippen LogP contribution in [-0.4, -0.2) is 20.4 Å². The summed E-state index contributed by atoms with van der Waals surface area (Å²) in [5, 5.41) is 0. The second kappa shape index (κ2) is 5.17. The molecule has 19 heavy (non-hydrogen) atoms. The van der Waals surface area contributed by atoms with Gasteiger partial charge in [0.25, 0.3) is 0 Å². The van der Waals surface area contributed by atoms with Gasteiger partial charge in [-0.05, 0) is 25.1 Å². The Bertz CT molecular complexity index is 584. The van der Waals surface area contributed by atoms with Crippen molar-refractivity contribution >= 4 is 15.9 Å². The van der Waals surface area contributed by atoms with Crippen LogP contribution in [0.15, 0.2) is 29.2 Å². The van der Waals surface area contributed by atoms with E-state index >= 15 is 0 Å². The number of nitrogens with one attached hydrogen (secondary N) is 1. The van der Waals surface area contributed by atoms with Gasteiger partial charge in [0, 0.05) is 0 Å². The lowest BCUT2D eigenvalue weighted by Crippen LogP contribution is -2.42. The van der Waals surface area contributed by atoms with E-state index in [0.717, 1.165) is 18.2 Å². The lowest BCUT2D eigenvalue weighted by molar-refractivity contribution is -0.137. The second-order valence-corrected chi connectivity index (χ2v) is 5.48. The summed E-state index contributed by atoms with van der Waals surface area (Å²) in [6.07, 6.45) is -4.65. The first-order valence-electron chi connectivity index (χ1n) is 5.03. The topological polar surface area (TPSA) is 89.3 Å². The summed E-state index contributed by atoms with van der Waals surface area (Å²) in [7, 11) is -4.24. The lowest BCUT2D eigenvalue weighted by atomic mass is 10.2. The molecule has 1 aromatic carbocycles. The molecule has 1 rings (SSSR count). The minimum absolute atomic E-state index is 0.482. The van der Waals surface area contributed by atoms with Gasteiger partial charge >= 0.3 is 6.18 Å². The van der Waals surface area contributed by atoms with Crippen molar-refractivity contribution in [3.63, 3.8) is 0 Å². The summed E-state index contributed by atoms with van der Waals surface area (Å²) < 4.78 is 62.7. The Labute approximate surface area is 107 Å². The lowest BCUT2D eigenvalue weighted by Gasteiger charge is -2.12. The van der Waals surface area contributed by atoms with Crippen LogP contribution in [0.25, 0.3) is 0 Å². The highest BCUT2D eigenvalue weighted by Gasteiger charge is 2.32. The number of amides is 1. The van der Waals surface area contributed by atoms with Crippen molar-refractivity contribution < 1.29 is 26.4 Å². The number of carbonyl (C=O) groups excluding carboxylic acids is 1. The zero-order valence-corrected chi connectivity index (χ0v) is 10.5. The van der Waals surface area contributed by atoms with E-state index in [1.165, 1.54) is 6.92 Å². The van der Waals surface area contributed by atoms with Crippen molar-refractivity contribution in [2.45, 2.75) is 24.0 Å². The van der Waals surface area contributed by atoms with Crippen LogP contribution < -0.4 is 10.5 Å². The summed E-state index contributed by atoms with van der Waals surface area (Å²) in [5.41, 5.74) is 3.78. The molecule has 0 aliphatic heterocycles. The van der Waals surface area contributed by atoms with Gasteiger partial charge in [-0.2, -0.15) is 17.9 Å². The molecular formula is C10H11F3N2O3S. The summed E-state index contributed by atoms with van der Waals surface area (Å²) in [6.45, 7) is 1.19. The van der Waals surface area contributed by atoms with Crippen molar-refractivity contribution in [3.8, 4) is 0 Å². The van der Waals surface area contributed by atoms with Gasteiger partial charge in [-0.3, -0.25) is 4.79 Å². The Balaban J connectivity index is 3.13. The minimum atomic E-state index is -4.65. The van der Waals surface area contributed by atoms with Crippen LogP contribution in [0.2, 0.25) is 0 Å². The summed E-state index contributed by atoms with van der Waals surface area (Å²) in [6, 6.07) is 1.96. The molecule has 106 valence electrons. The number of primary amides is 1. The molecule has 9 heteroatoms. The average Bonchev–Trinajstić information content (AvgIpc) is 2.27. The van der Waals surface area contributed by atoms with Crippen LogP contribution in [0, 0.1) is 0 Å². The number of carbonyl (C=O) groups is 1. The van der Waals surface area contributed by atoms with Crippen LogP contribution in [0.4, 0.5) is 13.2 Å². The van der Waals surface area contributed by atoms with Gasteiger partial charge in [-0.1, -0.05) is 6.07 Å². The molecule has 0 heterocycles. The van der Waals surface area contributed by atoms with Crippen LogP contribution in [0.3, 0.4) is 0 Å². The molecular weight excluding hydrogens is 285 g/mol. The SMILES string of the molecule is CC(NS(=O)(=O)c1cccc(C(F)(F)F)c1)C(N)=O. The molecule has 1 amide bonds. The van der Waals surface area contributed by atoms with Crippen LogP contribution in [0.5, 0.6) is 0 Å². The zero-order valence-electron chi connectivity index (χ0n) is 9.73. The van der Waals surface area contributed by atoms with Crippen molar-refractivity contribution in [3.05, 3.63) is 29.8 Å². The number of hydrogen-bond donors (Lipinski definition) is 2. The molecule has 1 atom stereocenters. The molecule has 0 saturated carbocycles. The summed E-state index contributed by atoms with van der Waals surface area (Å²) >= 11 is 0. The normalized spacial score (nSPS) is 14.1. The molecule has 0 radical (unpaired) electrons. The molecule has 1 aromatic rings. The molecule has 3 N–H and O–H groups in total. The van der Waals surface area contributed by atoms with E-state index in [1.807, 2.05) is 4.72 Å². The largest absolute Gasteiger partial charge is 0.416 e. The predicted octanol–water partition coefficient (Wildman–Crippen LogP) is 0.858. The number of halogens is 3. The first-order chi connectivity index (χ1) is 8.54. The molecule has 0 saturated heterocycles. The molecule has 0 spiro atoms. The highest BCUT2D eigenvalue weighted by molar-refractivity contribution is 7.89. The van der Waals surface area contributed by atoms with Crippen LogP contribution >= 0.6 is 0 Å². The predicted molar refractivity (Wildman–Crippen MR) is 60.4 cm³/mol. The Morgan fingerprint density at radius 2 is 1.95 bits per heavy atom. The van der Waals surface area contributed by atoms with Gasteiger partial charge < -0.3 is 5.73 Å². The highest BCUT2D eigenvalue weighted by Crippen LogP contribution is 2.30. The van der Waals surface area contributed by atoms with Crippen molar-refractivity contribution in [1.29, 1.82) is 0 Å². The van der Waals surface area contributed by atoms with Gasteiger partial charge in [0.15, 0.2) is 0 Å². The van der Waals surface area contributed by atoms with Crippen molar-refractivity contribution in [2.24, 2.45) is 5.73 Å². The number of alkyl halides is 3. The Kier molecular flexibility index (Phi) is 4.21. The molecule has 0 bridgehead atoms. The third-order valence-electron chi connectivity index (χ3n) is 2.23. The van der Waals surface area contributed by atoms with E-state index < -0.39 is 38.6 Å². The monoisotopic (exact) mass is 296 g/mol. The zero-order chi connectivity index (χ0) is 14.8. The number of benzene rings is 1. The van der Waals surface area contributed by atoms with E-state index in [1.54, 1.807) is 0 Å². The van der Waals surface area contributed by atoms with Gasteiger partial charge in [0.2, 0.25) is 15.9 Å². The molecule has 0 aliphatic rings. The quantitative estimate of drug-likeness (QED) is 0.863. The van der Waals surface area contributed by atoms with E-state index in [2.05, 4.69) is 0 Å². The average molecular weight is 296 g/mol. The summed E-state index contributed by atoms with van der Waals surface area (Å²) in [5.74, 6) is -0.935. The highest BCUT2D eigenvalue weighted by atomic mass is 32.2. The fraction of sp³-hybridized carbons (Fsp3) is 0.300. The van der Waals surface area contributed by atoms with Gasteiger partial charge in [-0.15, -0.1) is 0 Å². The second-order valence-electron chi connectivity index (χ2n) is 3.77. The van der Waals surface area contributed by atoms with Crippen LogP contribution in [-0.2, 0) is 21.0 Å². The minimum Gasteiger partial charge on any atom is -0.368 e. The fourth-order valence-electron chi connectivity index (χ4n) is 1.20. The van der Waals surface area contributed by atoms with E-state index in [4.69, 9.17) is 5.73 Å². The van der Waals surface area contributed by atoms with Crippen molar-refractivity contribution in [2.75, 3.05) is 0 Å². The Morgan fingerprint density at radius 3 is 2.42 bits per heavy atom. The number of sulfonamides is 1.